The van der Waals surface area contributed by atoms with E-state index in [0.29, 0.717) is 32.2 Å². The Hall–Kier alpha value is -4.26. The van der Waals surface area contributed by atoms with E-state index in [0.717, 1.165) is 69.9 Å². The fourth-order valence-corrected chi connectivity index (χ4v) is 5.38. The molecule has 0 radical (unpaired) electrons. The standard InChI is InChI=1S/C39H50N2O5/c1-27(2)22-25-44-33-20-18-29-14-7-9-16-31(29)35(33)36-32-17-10-8-15-30(32)19-21-34(36)45-26-24-40-37(42)28(3)13-11-12-23-41-38(43)46-39(4,5)6/h7-10,14-21,27-28H,11-13,22-26H2,1-6H3,(H,40,42)(H,41,43)/t28-/m1/s1. The predicted octanol–water partition coefficient (Wildman–Crippen LogP) is 8.91. The fourth-order valence-electron chi connectivity index (χ4n) is 5.38. The van der Waals surface area contributed by atoms with Crippen LogP contribution >= 0.6 is 0 Å². The van der Waals surface area contributed by atoms with Gasteiger partial charge in [-0.3, -0.25) is 4.79 Å². The van der Waals surface area contributed by atoms with E-state index in [1.54, 1.807) is 0 Å². The van der Waals surface area contributed by atoms with E-state index < -0.39 is 11.7 Å². The van der Waals surface area contributed by atoms with Crippen molar-refractivity contribution in [3.63, 3.8) is 0 Å². The Balaban J connectivity index is 1.42. The van der Waals surface area contributed by atoms with Gasteiger partial charge in [-0.05, 0) is 79.6 Å². The third kappa shape index (κ3) is 9.87. The van der Waals surface area contributed by atoms with Crippen LogP contribution in [-0.4, -0.2) is 43.9 Å². The zero-order valence-electron chi connectivity index (χ0n) is 28.3. The smallest absolute Gasteiger partial charge is 0.407 e. The van der Waals surface area contributed by atoms with Crippen molar-refractivity contribution in [3.05, 3.63) is 72.8 Å². The van der Waals surface area contributed by atoms with E-state index in [1.165, 1.54) is 0 Å². The van der Waals surface area contributed by atoms with E-state index in [9.17, 15) is 9.59 Å². The normalized spacial score (nSPS) is 12.2. The van der Waals surface area contributed by atoms with Gasteiger partial charge in [0.15, 0.2) is 0 Å². The van der Waals surface area contributed by atoms with Crippen molar-refractivity contribution in [3.8, 4) is 22.6 Å². The van der Waals surface area contributed by atoms with E-state index in [-0.39, 0.29) is 11.8 Å². The van der Waals surface area contributed by atoms with Crippen molar-refractivity contribution in [2.75, 3.05) is 26.3 Å². The largest absolute Gasteiger partial charge is 0.493 e. The Morgan fingerprint density at radius 1 is 0.674 bits per heavy atom. The second-order valence-electron chi connectivity index (χ2n) is 13.3. The Labute approximate surface area is 274 Å². The third-order valence-electron chi connectivity index (χ3n) is 7.82. The van der Waals surface area contributed by atoms with Crippen LogP contribution in [0.5, 0.6) is 11.5 Å². The topological polar surface area (TPSA) is 85.9 Å². The average molecular weight is 627 g/mol. The van der Waals surface area contributed by atoms with Gasteiger partial charge in [-0.25, -0.2) is 4.79 Å². The molecule has 4 aromatic carbocycles. The number of amides is 2. The molecule has 4 rings (SSSR count). The molecule has 0 fully saturated rings. The molecule has 0 bridgehead atoms. The molecule has 1 atom stereocenters. The molecule has 7 heteroatoms. The molecule has 0 aromatic heterocycles. The molecule has 2 amide bonds. The van der Waals surface area contributed by atoms with Crippen LogP contribution in [0.4, 0.5) is 4.79 Å². The van der Waals surface area contributed by atoms with E-state index in [2.05, 4.69) is 85.1 Å². The van der Waals surface area contributed by atoms with Crippen LogP contribution in [0.2, 0.25) is 0 Å². The van der Waals surface area contributed by atoms with Crippen molar-refractivity contribution in [2.45, 2.75) is 72.8 Å². The summed E-state index contributed by atoms with van der Waals surface area (Å²) in [5, 5.41) is 10.2. The maximum Gasteiger partial charge on any atom is 0.407 e. The highest BCUT2D eigenvalue weighted by molar-refractivity contribution is 6.09. The molecule has 2 N–H and O–H groups in total. The molecule has 0 aliphatic carbocycles. The number of ether oxygens (including phenoxy) is 3. The Morgan fingerprint density at radius 2 is 1.24 bits per heavy atom. The number of fused-ring (bicyclic) bond motifs is 2. The van der Waals surface area contributed by atoms with Gasteiger partial charge in [-0.1, -0.05) is 87.9 Å². The summed E-state index contributed by atoms with van der Waals surface area (Å²) in [6, 6.07) is 25.0. The number of nitrogens with one attached hydrogen (secondary N) is 2. The molecular weight excluding hydrogens is 576 g/mol. The molecule has 46 heavy (non-hydrogen) atoms. The maximum atomic E-state index is 12.8. The number of carbonyl (C=O) groups excluding carboxylic acids is 2. The van der Waals surface area contributed by atoms with Crippen LogP contribution in [0, 0.1) is 11.8 Å². The van der Waals surface area contributed by atoms with Crippen LogP contribution < -0.4 is 20.1 Å². The highest BCUT2D eigenvalue weighted by Gasteiger charge is 2.20. The third-order valence-corrected chi connectivity index (χ3v) is 7.82. The summed E-state index contributed by atoms with van der Waals surface area (Å²) >= 11 is 0. The van der Waals surface area contributed by atoms with Gasteiger partial charge in [-0.2, -0.15) is 0 Å². The number of alkyl carbamates (subject to hydrolysis) is 1. The minimum Gasteiger partial charge on any atom is -0.493 e. The molecule has 4 aromatic rings. The number of unbranched alkanes of at least 4 members (excludes halogenated alkanes) is 1. The van der Waals surface area contributed by atoms with E-state index >= 15 is 0 Å². The molecule has 0 unspecified atom stereocenters. The summed E-state index contributed by atoms with van der Waals surface area (Å²) in [5.41, 5.74) is 1.50. The van der Waals surface area contributed by atoms with Gasteiger partial charge in [0.25, 0.3) is 0 Å². The minimum absolute atomic E-state index is 0.00247. The molecule has 0 spiro atoms. The average Bonchev–Trinajstić information content (AvgIpc) is 3.01. The SMILES string of the molecule is CC(C)CCOc1ccc2ccccc2c1-c1c(OCCNC(=O)[C@H](C)CCCCNC(=O)OC(C)(C)C)ccc2ccccc12. The molecule has 0 saturated heterocycles. The first kappa shape index (κ1) is 34.6. The van der Waals surface area contributed by atoms with Crippen LogP contribution in [0.3, 0.4) is 0 Å². The van der Waals surface area contributed by atoms with Gasteiger partial charge in [0, 0.05) is 23.6 Å². The van der Waals surface area contributed by atoms with Gasteiger partial charge in [0.05, 0.1) is 13.2 Å². The van der Waals surface area contributed by atoms with Gasteiger partial charge >= 0.3 is 6.09 Å². The Kier molecular flexibility index (Phi) is 12.3. The molecule has 0 aliphatic heterocycles. The maximum absolute atomic E-state index is 12.8. The number of hydrogen-bond acceptors (Lipinski definition) is 5. The Bertz CT molecular complexity index is 1610. The second-order valence-corrected chi connectivity index (χ2v) is 13.3. The monoisotopic (exact) mass is 626 g/mol. The summed E-state index contributed by atoms with van der Waals surface area (Å²) < 4.78 is 18.1. The quantitative estimate of drug-likeness (QED) is 0.129. The molecule has 0 heterocycles. The second kappa shape index (κ2) is 16.3. The lowest BCUT2D eigenvalue weighted by Crippen LogP contribution is -2.33. The highest BCUT2D eigenvalue weighted by Crippen LogP contribution is 2.45. The summed E-state index contributed by atoms with van der Waals surface area (Å²) in [6.45, 7) is 13.7. The van der Waals surface area contributed by atoms with Gasteiger partial charge in [0.2, 0.25) is 5.91 Å². The zero-order valence-corrected chi connectivity index (χ0v) is 28.3. The van der Waals surface area contributed by atoms with Crippen LogP contribution in [0.15, 0.2) is 72.8 Å². The Morgan fingerprint density at radius 3 is 1.80 bits per heavy atom. The summed E-state index contributed by atoms with van der Waals surface area (Å²) in [5.74, 6) is 1.99. The first-order valence-corrected chi connectivity index (χ1v) is 16.6. The molecule has 7 nitrogen and oxygen atoms in total. The number of hydrogen-bond donors (Lipinski definition) is 2. The fraction of sp³-hybridized carbons (Fsp3) is 0.436. The van der Waals surface area contributed by atoms with E-state index in [4.69, 9.17) is 14.2 Å². The summed E-state index contributed by atoms with van der Waals surface area (Å²) in [6.07, 6.45) is 2.89. The van der Waals surface area contributed by atoms with Gasteiger partial charge in [-0.15, -0.1) is 0 Å². The first-order chi connectivity index (χ1) is 22.0. The predicted molar refractivity (Wildman–Crippen MR) is 188 cm³/mol. The van der Waals surface area contributed by atoms with Crippen LogP contribution in [0.25, 0.3) is 32.7 Å². The first-order valence-electron chi connectivity index (χ1n) is 16.6. The van der Waals surface area contributed by atoms with Crippen molar-refractivity contribution < 1.29 is 23.8 Å². The molecule has 246 valence electrons. The zero-order chi connectivity index (χ0) is 33.1. The van der Waals surface area contributed by atoms with Crippen LogP contribution in [0.1, 0.15) is 67.2 Å². The molecule has 0 aliphatic rings. The number of carbonyl (C=O) groups is 2. The van der Waals surface area contributed by atoms with Crippen molar-refractivity contribution in [1.82, 2.24) is 10.6 Å². The van der Waals surface area contributed by atoms with Crippen molar-refractivity contribution >= 4 is 33.5 Å². The summed E-state index contributed by atoms with van der Waals surface area (Å²) in [7, 11) is 0. The van der Waals surface area contributed by atoms with Gasteiger partial charge in [0.1, 0.15) is 23.7 Å². The lowest BCUT2D eigenvalue weighted by molar-refractivity contribution is -0.124. The highest BCUT2D eigenvalue weighted by atomic mass is 16.6. The molecule has 0 saturated carbocycles. The van der Waals surface area contributed by atoms with Crippen molar-refractivity contribution in [1.29, 1.82) is 0 Å². The number of benzene rings is 4. The summed E-state index contributed by atoms with van der Waals surface area (Å²) in [4.78, 5) is 24.6. The molecular formula is C39H50N2O5. The van der Waals surface area contributed by atoms with E-state index in [1.807, 2.05) is 39.8 Å². The van der Waals surface area contributed by atoms with Crippen molar-refractivity contribution in [2.24, 2.45) is 11.8 Å². The minimum atomic E-state index is -0.517. The van der Waals surface area contributed by atoms with Crippen LogP contribution in [-0.2, 0) is 9.53 Å². The number of rotatable bonds is 15. The lowest BCUT2D eigenvalue weighted by Gasteiger charge is -2.20. The van der Waals surface area contributed by atoms with Gasteiger partial charge < -0.3 is 24.8 Å². The lowest BCUT2D eigenvalue weighted by atomic mass is 9.92.